The van der Waals surface area contributed by atoms with E-state index < -0.39 is 38.8 Å². The maximum atomic E-state index is 14.9. The van der Waals surface area contributed by atoms with Crippen LogP contribution in [0.1, 0.15) is 35.3 Å². The van der Waals surface area contributed by atoms with Gasteiger partial charge < -0.3 is 10.2 Å². The minimum Gasteiger partial charge on any atom is -0.320 e. The number of nitrogens with zero attached hydrogens (tertiary/aromatic N) is 3. The van der Waals surface area contributed by atoms with E-state index in [1.165, 1.54) is 6.20 Å². The number of H-pyrrole nitrogens is 1. The molecule has 1 aliphatic heterocycles. The minimum atomic E-state index is -3.82. The van der Waals surface area contributed by atoms with Crippen LogP contribution in [-0.4, -0.2) is 60.3 Å². The van der Waals surface area contributed by atoms with E-state index in [0.29, 0.717) is 17.5 Å². The lowest BCUT2D eigenvalue weighted by atomic mass is 9.95. The van der Waals surface area contributed by atoms with Crippen LogP contribution >= 0.6 is 0 Å². The topological polar surface area (TPSA) is 120 Å². The highest BCUT2D eigenvalue weighted by atomic mass is 32.2. The van der Waals surface area contributed by atoms with Crippen molar-refractivity contribution in [3.8, 4) is 0 Å². The summed E-state index contributed by atoms with van der Waals surface area (Å²) < 4.78 is 55.1. The van der Waals surface area contributed by atoms with Gasteiger partial charge in [0.25, 0.3) is 5.91 Å². The lowest BCUT2D eigenvalue weighted by Gasteiger charge is -2.35. The number of hydrogen-bond donors (Lipinski definition) is 3. The number of carbonyl (C=O) groups is 1. The number of likely N-dealkylation sites (N-methyl/N-ethyl adjacent to an activating group) is 1. The lowest BCUT2D eigenvalue weighted by molar-refractivity contribution is 0.101. The summed E-state index contributed by atoms with van der Waals surface area (Å²) in [4.78, 5) is 19.0. The molecule has 1 aromatic carbocycles. The minimum absolute atomic E-state index is 0.230. The fraction of sp³-hybridized carbons (Fsp3) is 0.350. The van der Waals surface area contributed by atoms with Crippen molar-refractivity contribution in [1.29, 1.82) is 0 Å². The Hall–Kier alpha value is -3.12. The average molecular weight is 464 g/mol. The lowest BCUT2D eigenvalue weighted by Crippen LogP contribution is -2.41. The second-order valence-electron chi connectivity index (χ2n) is 7.81. The van der Waals surface area contributed by atoms with Crippen LogP contribution in [-0.2, 0) is 10.0 Å². The predicted octanol–water partition coefficient (Wildman–Crippen LogP) is 2.67. The summed E-state index contributed by atoms with van der Waals surface area (Å²) in [6.07, 6.45) is 1.65. The summed E-state index contributed by atoms with van der Waals surface area (Å²) in [6.45, 7) is 3.36. The third-order valence-corrected chi connectivity index (χ3v) is 6.70. The van der Waals surface area contributed by atoms with E-state index in [1.54, 1.807) is 13.0 Å². The number of halogens is 2. The third-order valence-electron chi connectivity index (χ3n) is 5.23. The van der Waals surface area contributed by atoms with Crippen LogP contribution in [0, 0.1) is 11.6 Å². The Labute approximate surface area is 183 Å². The number of sulfonamides is 1. The van der Waals surface area contributed by atoms with Gasteiger partial charge in [0, 0.05) is 24.4 Å². The fourth-order valence-electron chi connectivity index (χ4n) is 3.70. The van der Waals surface area contributed by atoms with E-state index in [9.17, 15) is 22.0 Å². The summed E-state index contributed by atoms with van der Waals surface area (Å²) in [5, 5.41) is 10.3. The average Bonchev–Trinajstić information content (AvgIpc) is 3.10. The second-order valence-corrected chi connectivity index (χ2v) is 9.65. The molecule has 0 radical (unpaired) electrons. The van der Waals surface area contributed by atoms with Crippen molar-refractivity contribution in [3.05, 3.63) is 47.3 Å². The van der Waals surface area contributed by atoms with Gasteiger partial charge >= 0.3 is 0 Å². The number of fused-ring (bicyclic) bond motifs is 1. The van der Waals surface area contributed by atoms with Crippen molar-refractivity contribution >= 4 is 38.3 Å². The summed E-state index contributed by atoms with van der Waals surface area (Å²) >= 11 is 0. The summed E-state index contributed by atoms with van der Waals surface area (Å²) in [7, 11) is -1.82. The third kappa shape index (κ3) is 4.28. The molecule has 9 nitrogen and oxygen atoms in total. The van der Waals surface area contributed by atoms with Gasteiger partial charge in [0.15, 0.2) is 11.5 Å². The number of benzene rings is 1. The Kier molecular flexibility index (Phi) is 5.82. The van der Waals surface area contributed by atoms with Crippen LogP contribution in [0.2, 0.25) is 0 Å². The highest BCUT2D eigenvalue weighted by Gasteiger charge is 2.28. The Morgan fingerprint density at radius 2 is 2.06 bits per heavy atom. The van der Waals surface area contributed by atoms with E-state index in [-0.39, 0.29) is 17.4 Å². The highest BCUT2D eigenvalue weighted by Crippen LogP contribution is 2.30. The van der Waals surface area contributed by atoms with E-state index in [2.05, 4.69) is 30.1 Å². The smallest absolute Gasteiger partial charge is 0.261 e. The van der Waals surface area contributed by atoms with Gasteiger partial charge in [-0.3, -0.25) is 14.6 Å². The monoisotopic (exact) mass is 464 g/mol. The van der Waals surface area contributed by atoms with Crippen LogP contribution in [0.25, 0.3) is 11.0 Å². The van der Waals surface area contributed by atoms with Gasteiger partial charge in [-0.2, -0.15) is 5.10 Å². The van der Waals surface area contributed by atoms with Gasteiger partial charge in [0.1, 0.15) is 11.4 Å². The number of likely N-dealkylation sites (tertiary alicyclic amines) is 1. The Morgan fingerprint density at radius 3 is 2.75 bits per heavy atom. The Bertz CT molecular complexity index is 1290. The van der Waals surface area contributed by atoms with Gasteiger partial charge in [0.05, 0.1) is 29.0 Å². The molecule has 0 bridgehead atoms. The van der Waals surface area contributed by atoms with E-state index >= 15 is 0 Å². The molecule has 3 aromatic rings. The fourth-order valence-corrected chi connectivity index (χ4v) is 4.83. The first-order valence-corrected chi connectivity index (χ1v) is 11.7. The molecule has 0 saturated carbocycles. The summed E-state index contributed by atoms with van der Waals surface area (Å²) in [5.74, 6) is -3.46. The number of anilines is 2. The highest BCUT2D eigenvalue weighted by molar-refractivity contribution is 7.92. The summed E-state index contributed by atoms with van der Waals surface area (Å²) in [5.41, 5.74) is 0.192. The zero-order valence-corrected chi connectivity index (χ0v) is 18.3. The largest absolute Gasteiger partial charge is 0.320 e. The first-order valence-electron chi connectivity index (χ1n) is 10.0. The molecule has 12 heteroatoms. The molecule has 170 valence electrons. The molecule has 0 unspecified atom stereocenters. The van der Waals surface area contributed by atoms with Crippen LogP contribution in [0.5, 0.6) is 0 Å². The van der Waals surface area contributed by atoms with Crippen molar-refractivity contribution < 1.29 is 22.0 Å². The van der Waals surface area contributed by atoms with Crippen molar-refractivity contribution in [2.45, 2.75) is 19.3 Å². The standard InChI is InChI=1S/C20H22F2N6O3S/c1-3-6-32(30,31)27-15-5-4-14(21)16(17(15)22)20(29)24-12-7-13-18(11-9-28(2)10-11)25-26-19(13)23-8-12/h4-5,7-8,11,27H,3,6,9-10H2,1-2H3,(H,24,29)(H,23,25,26). The molecule has 1 aliphatic rings. The number of aromatic nitrogens is 3. The number of pyridine rings is 1. The first-order chi connectivity index (χ1) is 15.2. The molecule has 3 N–H and O–H groups in total. The van der Waals surface area contributed by atoms with Crippen LogP contribution in [0.3, 0.4) is 0 Å². The molecule has 1 amide bonds. The van der Waals surface area contributed by atoms with Gasteiger partial charge in [0.2, 0.25) is 10.0 Å². The quantitative estimate of drug-likeness (QED) is 0.495. The molecule has 0 spiro atoms. The Morgan fingerprint density at radius 1 is 1.31 bits per heavy atom. The van der Waals surface area contributed by atoms with Gasteiger partial charge in [-0.05, 0) is 31.7 Å². The molecule has 3 heterocycles. The molecular weight excluding hydrogens is 442 g/mol. The molecule has 1 saturated heterocycles. The number of rotatable bonds is 7. The number of amides is 1. The molecule has 1 fully saturated rings. The zero-order chi connectivity index (χ0) is 23.0. The zero-order valence-electron chi connectivity index (χ0n) is 17.4. The maximum Gasteiger partial charge on any atom is 0.261 e. The molecule has 2 aromatic heterocycles. The van der Waals surface area contributed by atoms with E-state index in [1.807, 2.05) is 7.05 Å². The van der Waals surface area contributed by atoms with Crippen molar-refractivity contribution in [2.24, 2.45) is 0 Å². The second kappa shape index (κ2) is 8.43. The van der Waals surface area contributed by atoms with Gasteiger partial charge in [-0.1, -0.05) is 6.92 Å². The van der Waals surface area contributed by atoms with Crippen molar-refractivity contribution in [3.63, 3.8) is 0 Å². The predicted molar refractivity (Wildman–Crippen MR) is 116 cm³/mol. The van der Waals surface area contributed by atoms with E-state index in [4.69, 9.17) is 0 Å². The van der Waals surface area contributed by atoms with E-state index in [0.717, 1.165) is 30.9 Å². The molecule has 4 rings (SSSR count). The van der Waals surface area contributed by atoms with Crippen LogP contribution in [0.4, 0.5) is 20.2 Å². The van der Waals surface area contributed by atoms with Gasteiger partial charge in [-0.25, -0.2) is 22.2 Å². The number of aromatic amines is 1. The number of carbonyl (C=O) groups excluding carboxylic acids is 1. The van der Waals surface area contributed by atoms with Crippen LogP contribution < -0.4 is 10.0 Å². The first kappa shape index (κ1) is 22.1. The number of nitrogens with one attached hydrogen (secondary N) is 3. The van der Waals surface area contributed by atoms with Crippen LogP contribution in [0.15, 0.2) is 24.4 Å². The maximum absolute atomic E-state index is 14.9. The number of hydrogen-bond acceptors (Lipinski definition) is 6. The summed E-state index contributed by atoms with van der Waals surface area (Å²) in [6, 6.07) is 3.42. The van der Waals surface area contributed by atoms with Crippen molar-refractivity contribution in [2.75, 3.05) is 35.9 Å². The molecule has 0 aliphatic carbocycles. The molecular formula is C20H22F2N6O3S. The SMILES string of the molecule is CCCS(=O)(=O)Nc1ccc(F)c(C(=O)Nc2cnc3n[nH]c(C4CN(C)C4)c3c2)c1F. The Balaban J connectivity index is 1.60. The van der Waals surface area contributed by atoms with Gasteiger partial charge in [-0.15, -0.1) is 0 Å². The molecule has 0 atom stereocenters. The van der Waals surface area contributed by atoms with Crippen molar-refractivity contribution in [1.82, 2.24) is 20.1 Å². The molecule has 32 heavy (non-hydrogen) atoms. The normalized spacial score (nSPS) is 15.0.